The number of hydrogen-bond acceptors (Lipinski definition) is 1. The fraction of sp³-hybridized carbons (Fsp3) is 0.455. The highest BCUT2D eigenvalue weighted by Crippen LogP contribution is 2.36. The molecule has 0 amide bonds. The molecule has 0 bridgehead atoms. The standard InChI is InChI=1S/C22H29N/c1-17(2)18(3)9-8-16-23-21-12-6-4-10-19(21)14-15-20-11-5-7-13-22(20)23/h4-7,10-13,17-18H,8-9,14-16H2,1-3H3. The zero-order valence-corrected chi connectivity index (χ0v) is 14.8. The van der Waals surface area contributed by atoms with Gasteiger partial charge in [-0.1, -0.05) is 57.2 Å². The van der Waals surface area contributed by atoms with Crippen molar-refractivity contribution in [1.29, 1.82) is 0 Å². The van der Waals surface area contributed by atoms with Gasteiger partial charge in [0.1, 0.15) is 0 Å². The molecule has 0 aromatic heterocycles. The molecule has 1 heteroatoms. The summed E-state index contributed by atoms with van der Waals surface area (Å²) in [5, 5.41) is 0. The summed E-state index contributed by atoms with van der Waals surface area (Å²) in [7, 11) is 0. The maximum atomic E-state index is 2.56. The third kappa shape index (κ3) is 3.60. The molecule has 0 saturated heterocycles. The first-order valence-corrected chi connectivity index (χ1v) is 9.10. The van der Waals surface area contributed by atoms with Crippen LogP contribution < -0.4 is 4.90 Å². The van der Waals surface area contributed by atoms with E-state index < -0.39 is 0 Å². The van der Waals surface area contributed by atoms with Crippen LogP contribution in [0.5, 0.6) is 0 Å². The van der Waals surface area contributed by atoms with E-state index in [1.165, 1.54) is 35.3 Å². The van der Waals surface area contributed by atoms with Crippen molar-refractivity contribution in [3.63, 3.8) is 0 Å². The number of nitrogens with zero attached hydrogens (tertiary/aromatic N) is 1. The van der Waals surface area contributed by atoms with Gasteiger partial charge in [-0.05, 0) is 60.8 Å². The van der Waals surface area contributed by atoms with Crippen LogP contribution in [0.1, 0.15) is 44.7 Å². The van der Waals surface area contributed by atoms with E-state index >= 15 is 0 Å². The van der Waals surface area contributed by atoms with E-state index in [0.29, 0.717) is 0 Å². The Labute approximate surface area is 141 Å². The number of hydrogen-bond donors (Lipinski definition) is 0. The Morgan fingerprint density at radius 2 is 1.35 bits per heavy atom. The summed E-state index contributed by atoms with van der Waals surface area (Å²) >= 11 is 0. The van der Waals surface area contributed by atoms with Gasteiger partial charge in [0.25, 0.3) is 0 Å². The van der Waals surface area contributed by atoms with Gasteiger partial charge in [-0.3, -0.25) is 0 Å². The highest BCUT2D eigenvalue weighted by Gasteiger charge is 2.20. The number of aryl methyl sites for hydroxylation is 2. The van der Waals surface area contributed by atoms with E-state index in [2.05, 4.69) is 74.2 Å². The molecule has 0 aliphatic carbocycles. The summed E-state index contributed by atoms with van der Waals surface area (Å²) in [6.07, 6.45) is 4.85. The van der Waals surface area contributed by atoms with Gasteiger partial charge in [-0.25, -0.2) is 0 Å². The molecular weight excluding hydrogens is 278 g/mol. The Kier molecular flexibility index (Phi) is 5.05. The number of benzene rings is 2. The number of para-hydroxylation sites is 2. The predicted molar refractivity (Wildman–Crippen MR) is 101 cm³/mol. The average molecular weight is 307 g/mol. The third-order valence-electron chi connectivity index (χ3n) is 5.41. The van der Waals surface area contributed by atoms with Crippen molar-refractivity contribution < 1.29 is 0 Å². The summed E-state index contributed by atoms with van der Waals surface area (Å²) in [6.45, 7) is 8.17. The van der Waals surface area contributed by atoms with Crippen LogP contribution in [0.4, 0.5) is 11.4 Å². The second-order valence-corrected chi connectivity index (χ2v) is 7.27. The minimum absolute atomic E-state index is 0.777. The van der Waals surface area contributed by atoms with Crippen molar-refractivity contribution in [2.24, 2.45) is 11.8 Å². The quantitative estimate of drug-likeness (QED) is 0.655. The molecule has 3 rings (SSSR count). The Bertz CT molecular complexity index is 596. The first-order valence-electron chi connectivity index (χ1n) is 9.10. The molecule has 2 aromatic carbocycles. The molecule has 1 aliphatic heterocycles. The number of anilines is 2. The van der Waals surface area contributed by atoms with Crippen LogP contribution in [-0.4, -0.2) is 6.54 Å². The van der Waals surface area contributed by atoms with Crippen molar-refractivity contribution in [3.8, 4) is 0 Å². The molecule has 1 nitrogen and oxygen atoms in total. The molecule has 2 aromatic rings. The first-order chi connectivity index (χ1) is 11.2. The van der Waals surface area contributed by atoms with Crippen LogP contribution in [0.15, 0.2) is 48.5 Å². The Balaban J connectivity index is 1.85. The summed E-state index contributed by atoms with van der Waals surface area (Å²) in [5.74, 6) is 1.58. The highest BCUT2D eigenvalue weighted by molar-refractivity contribution is 5.71. The zero-order valence-electron chi connectivity index (χ0n) is 14.8. The van der Waals surface area contributed by atoms with Gasteiger partial charge in [-0.15, -0.1) is 0 Å². The van der Waals surface area contributed by atoms with E-state index in [1.807, 2.05) is 0 Å². The predicted octanol–water partition coefficient (Wildman–Crippen LogP) is 6.00. The minimum atomic E-state index is 0.777. The average Bonchev–Trinajstić information content (AvgIpc) is 2.72. The third-order valence-corrected chi connectivity index (χ3v) is 5.41. The first kappa shape index (κ1) is 16.1. The number of rotatable bonds is 5. The smallest absolute Gasteiger partial charge is 0.0443 e. The summed E-state index contributed by atoms with van der Waals surface area (Å²) in [5.41, 5.74) is 5.80. The van der Waals surface area contributed by atoms with Gasteiger partial charge in [0.15, 0.2) is 0 Å². The molecule has 1 aliphatic rings. The molecule has 0 radical (unpaired) electrons. The zero-order chi connectivity index (χ0) is 16.2. The molecule has 122 valence electrons. The Morgan fingerprint density at radius 3 is 1.87 bits per heavy atom. The van der Waals surface area contributed by atoms with E-state index in [-0.39, 0.29) is 0 Å². The maximum absolute atomic E-state index is 2.56. The summed E-state index contributed by atoms with van der Waals surface area (Å²) < 4.78 is 0. The maximum Gasteiger partial charge on any atom is 0.0443 e. The van der Waals surface area contributed by atoms with E-state index in [9.17, 15) is 0 Å². The fourth-order valence-corrected chi connectivity index (χ4v) is 3.52. The number of fused-ring (bicyclic) bond motifs is 2. The molecule has 0 spiro atoms. The Hall–Kier alpha value is -1.76. The lowest BCUT2D eigenvalue weighted by Crippen LogP contribution is -2.20. The lowest BCUT2D eigenvalue weighted by molar-refractivity contribution is 0.384. The van der Waals surface area contributed by atoms with E-state index in [4.69, 9.17) is 0 Å². The summed E-state index contributed by atoms with van der Waals surface area (Å²) in [6, 6.07) is 17.9. The molecule has 0 N–H and O–H groups in total. The van der Waals surface area contributed by atoms with Gasteiger partial charge in [0.05, 0.1) is 0 Å². The van der Waals surface area contributed by atoms with Gasteiger partial charge in [-0.2, -0.15) is 0 Å². The largest absolute Gasteiger partial charge is 0.341 e. The van der Waals surface area contributed by atoms with Crippen LogP contribution in [-0.2, 0) is 12.8 Å². The van der Waals surface area contributed by atoms with Crippen molar-refractivity contribution in [2.75, 3.05) is 11.4 Å². The second-order valence-electron chi connectivity index (χ2n) is 7.27. The SMILES string of the molecule is CC(C)C(C)CCCN1c2ccccc2CCc2ccccc21. The minimum Gasteiger partial charge on any atom is -0.341 e. The lowest BCUT2D eigenvalue weighted by Gasteiger charge is -2.28. The van der Waals surface area contributed by atoms with Gasteiger partial charge < -0.3 is 4.90 Å². The van der Waals surface area contributed by atoms with Gasteiger partial charge in [0.2, 0.25) is 0 Å². The lowest BCUT2D eigenvalue weighted by atomic mass is 9.93. The van der Waals surface area contributed by atoms with Crippen LogP contribution >= 0.6 is 0 Å². The van der Waals surface area contributed by atoms with Crippen molar-refractivity contribution >= 4 is 11.4 Å². The van der Waals surface area contributed by atoms with Gasteiger partial charge in [0, 0.05) is 17.9 Å². The molecule has 0 saturated carbocycles. The normalized spacial score (nSPS) is 15.0. The molecule has 1 heterocycles. The Morgan fingerprint density at radius 1 is 0.826 bits per heavy atom. The van der Waals surface area contributed by atoms with Gasteiger partial charge >= 0.3 is 0 Å². The van der Waals surface area contributed by atoms with Crippen molar-refractivity contribution in [2.45, 2.75) is 46.5 Å². The molecule has 1 unspecified atom stereocenters. The van der Waals surface area contributed by atoms with Crippen LogP contribution in [0, 0.1) is 11.8 Å². The van der Waals surface area contributed by atoms with Crippen LogP contribution in [0.3, 0.4) is 0 Å². The highest BCUT2D eigenvalue weighted by atomic mass is 15.1. The van der Waals surface area contributed by atoms with Crippen LogP contribution in [0.2, 0.25) is 0 Å². The molecule has 1 atom stereocenters. The summed E-state index contributed by atoms with van der Waals surface area (Å²) in [4.78, 5) is 2.56. The van der Waals surface area contributed by atoms with Crippen molar-refractivity contribution in [1.82, 2.24) is 0 Å². The van der Waals surface area contributed by atoms with E-state index in [0.717, 1.165) is 31.2 Å². The monoisotopic (exact) mass is 307 g/mol. The van der Waals surface area contributed by atoms with Crippen molar-refractivity contribution in [3.05, 3.63) is 59.7 Å². The van der Waals surface area contributed by atoms with Crippen LogP contribution in [0.25, 0.3) is 0 Å². The molecular formula is C22H29N. The fourth-order valence-electron chi connectivity index (χ4n) is 3.52. The topological polar surface area (TPSA) is 3.24 Å². The van der Waals surface area contributed by atoms with E-state index in [1.54, 1.807) is 0 Å². The molecule has 23 heavy (non-hydrogen) atoms. The molecule has 0 fully saturated rings. The second kappa shape index (κ2) is 7.21.